The fourth-order valence-electron chi connectivity index (χ4n) is 1.65. The lowest BCUT2D eigenvalue weighted by atomic mass is 9.95. The minimum absolute atomic E-state index is 0.0505. The second-order valence-electron chi connectivity index (χ2n) is 3.86. The minimum Gasteiger partial charge on any atom is -0.294 e. The van der Waals surface area contributed by atoms with Crippen LogP contribution in [-0.4, -0.2) is 11.6 Å². The number of allylic oxidation sites excluding steroid dienone is 5. The Balaban J connectivity index is 3.35. The van der Waals surface area contributed by atoms with E-state index >= 15 is 0 Å². The van der Waals surface area contributed by atoms with Gasteiger partial charge in [-0.05, 0) is 19.4 Å². The molecule has 0 aliphatic heterocycles. The van der Waals surface area contributed by atoms with E-state index in [1.165, 1.54) is 13.8 Å². The molecule has 0 saturated heterocycles. The van der Waals surface area contributed by atoms with E-state index in [9.17, 15) is 9.59 Å². The van der Waals surface area contributed by atoms with Gasteiger partial charge in [-0.15, -0.1) is 0 Å². The molecule has 0 atom stereocenters. The number of hydrogen-bond acceptors (Lipinski definition) is 2. The molecular weight excluding hydrogens is 224 g/mol. The van der Waals surface area contributed by atoms with Crippen LogP contribution in [0.2, 0.25) is 0 Å². The van der Waals surface area contributed by atoms with Crippen LogP contribution < -0.4 is 0 Å². The van der Waals surface area contributed by atoms with Crippen LogP contribution in [0.25, 0.3) is 5.57 Å². The van der Waals surface area contributed by atoms with Crippen LogP contribution in [0.3, 0.4) is 0 Å². The standard InChI is InChI=1S/C16H16O2/c1-4-5-6-9-14(12(2)17)16-11-8-7-10-15(16)13(3)18/h4-11H,1H2,2-3H3/b6-5-,14-9+. The van der Waals surface area contributed by atoms with Crippen molar-refractivity contribution in [3.8, 4) is 0 Å². The molecule has 0 fully saturated rings. The highest BCUT2D eigenvalue weighted by molar-refractivity contribution is 6.22. The Morgan fingerprint density at radius 3 is 2.17 bits per heavy atom. The molecule has 18 heavy (non-hydrogen) atoms. The highest BCUT2D eigenvalue weighted by atomic mass is 16.1. The van der Waals surface area contributed by atoms with Crippen molar-refractivity contribution in [2.75, 3.05) is 0 Å². The minimum atomic E-state index is -0.0718. The van der Waals surface area contributed by atoms with Crippen LogP contribution >= 0.6 is 0 Å². The molecule has 0 radical (unpaired) electrons. The maximum absolute atomic E-state index is 11.7. The number of hydrogen-bond donors (Lipinski definition) is 0. The first-order chi connectivity index (χ1) is 8.57. The van der Waals surface area contributed by atoms with E-state index in [1.807, 2.05) is 6.07 Å². The van der Waals surface area contributed by atoms with E-state index in [1.54, 1.807) is 42.5 Å². The molecule has 0 N–H and O–H groups in total. The van der Waals surface area contributed by atoms with Crippen LogP contribution in [0.15, 0.2) is 55.1 Å². The number of carbonyl (C=O) groups is 2. The predicted molar refractivity (Wildman–Crippen MR) is 74.4 cm³/mol. The number of carbonyl (C=O) groups excluding carboxylic acids is 2. The van der Waals surface area contributed by atoms with Crippen molar-refractivity contribution < 1.29 is 9.59 Å². The summed E-state index contributed by atoms with van der Waals surface area (Å²) in [6.07, 6.45) is 6.80. The second-order valence-corrected chi connectivity index (χ2v) is 3.86. The average molecular weight is 240 g/mol. The molecule has 0 aliphatic rings. The zero-order chi connectivity index (χ0) is 13.5. The summed E-state index contributed by atoms with van der Waals surface area (Å²) in [5.74, 6) is -0.122. The number of Topliss-reactive ketones (excluding diaryl/α,β-unsaturated/α-hetero) is 2. The van der Waals surface area contributed by atoms with Gasteiger partial charge in [0.1, 0.15) is 0 Å². The van der Waals surface area contributed by atoms with Gasteiger partial charge in [-0.1, -0.05) is 55.1 Å². The van der Waals surface area contributed by atoms with Gasteiger partial charge in [0.25, 0.3) is 0 Å². The van der Waals surface area contributed by atoms with Gasteiger partial charge >= 0.3 is 0 Å². The fraction of sp³-hybridized carbons (Fsp3) is 0.125. The molecule has 0 amide bonds. The molecule has 0 saturated carbocycles. The van der Waals surface area contributed by atoms with Gasteiger partial charge in [-0.25, -0.2) is 0 Å². The summed E-state index contributed by atoms with van der Waals surface area (Å²) in [4.78, 5) is 23.2. The van der Waals surface area contributed by atoms with Crippen molar-refractivity contribution >= 4 is 17.1 Å². The second kappa shape index (κ2) is 6.50. The zero-order valence-corrected chi connectivity index (χ0v) is 10.6. The monoisotopic (exact) mass is 240 g/mol. The lowest BCUT2D eigenvalue weighted by molar-refractivity contribution is -0.111. The van der Waals surface area contributed by atoms with E-state index in [4.69, 9.17) is 0 Å². The van der Waals surface area contributed by atoms with Crippen LogP contribution in [0.4, 0.5) is 0 Å². The third-order valence-corrected chi connectivity index (χ3v) is 2.49. The maximum Gasteiger partial charge on any atom is 0.160 e. The molecule has 0 bridgehead atoms. The van der Waals surface area contributed by atoms with Gasteiger partial charge in [0.05, 0.1) is 0 Å². The van der Waals surface area contributed by atoms with E-state index in [0.29, 0.717) is 16.7 Å². The normalized spacial score (nSPS) is 11.6. The van der Waals surface area contributed by atoms with Crippen molar-refractivity contribution in [2.45, 2.75) is 13.8 Å². The Labute approximate surface area is 107 Å². The van der Waals surface area contributed by atoms with Crippen molar-refractivity contribution in [2.24, 2.45) is 0 Å². The molecule has 1 aromatic rings. The number of rotatable bonds is 5. The summed E-state index contributed by atoms with van der Waals surface area (Å²) in [6, 6.07) is 7.12. The molecule has 1 rings (SSSR count). The first-order valence-corrected chi connectivity index (χ1v) is 5.68. The van der Waals surface area contributed by atoms with E-state index < -0.39 is 0 Å². The summed E-state index contributed by atoms with van der Waals surface area (Å²) in [6.45, 7) is 6.55. The number of ketones is 2. The molecule has 1 aromatic carbocycles. The summed E-state index contributed by atoms with van der Waals surface area (Å²) in [5.41, 5.74) is 1.76. The highest BCUT2D eigenvalue weighted by Gasteiger charge is 2.13. The van der Waals surface area contributed by atoms with Gasteiger partial charge in [0.2, 0.25) is 0 Å². The molecule has 2 heteroatoms. The molecule has 92 valence electrons. The van der Waals surface area contributed by atoms with Crippen molar-refractivity contribution in [1.29, 1.82) is 0 Å². The Morgan fingerprint density at radius 2 is 1.67 bits per heavy atom. The Hall–Kier alpha value is -2.22. The Morgan fingerprint density at radius 1 is 1.06 bits per heavy atom. The highest BCUT2D eigenvalue weighted by Crippen LogP contribution is 2.21. The first-order valence-electron chi connectivity index (χ1n) is 5.68. The smallest absolute Gasteiger partial charge is 0.160 e. The SMILES string of the molecule is C=C/C=C\C=C(/C(C)=O)c1ccccc1C(C)=O. The van der Waals surface area contributed by atoms with Crippen LogP contribution in [0, 0.1) is 0 Å². The summed E-state index contributed by atoms with van der Waals surface area (Å²) < 4.78 is 0. The largest absolute Gasteiger partial charge is 0.294 e. The van der Waals surface area contributed by atoms with Gasteiger partial charge in [-0.2, -0.15) is 0 Å². The van der Waals surface area contributed by atoms with Gasteiger partial charge in [0.15, 0.2) is 11.6 Å². The summed E-state index contributed by atoms with van der Waals surface area (Å²) in [7, 11) is 0. The fourth-order valence-corrected chi connectivity index (χ4v) is 1.65. The van der Waals surface area contributed by atoms with Crippen LogP contribution in [0.1, 0.15) is 29.8 Å². The zero-order valence-electron chi connectivity index (χ0n) is 10.6. The van der Waals surface area contributed by atoms with Crippen molar-refractivity contribution in [3.05, 3.63) is 66.3 Å². The maximum atomic E-state index is 11.7. The van der Waals surface area contributed by atoms with Gasteiger partial charge in [-0.3, -0.25) is 9.59 Å². The topological polar surface area (TPSA) is 34.1 Å². The van der Waals surface area contributed by atoms with Gasteiger partial charge < -0.3 is 0 Å². The third kappa shape index (κ3) is 3.39. The predicted octanol–water partition coefficient (Wildman–Crippen LogP) is 3.60. The van der Waals surface area contributed by atoms with E-state index in [-0.39, 0.29) is 11.6 Å². The van der Waals surface area contributed by atoms with Crippen LogP contribution in [0.5, 0.6) is 0 Å². The lowest BCUT2D eigenvalue weighted by Gasteiger charge is -2.08. The summed E-state index contributed by atoms with van der Waals surface area (Å²) >= 11 is 0. The first kappa shape index (κ1) is 13.8. The molecular formula is C16H16O2. The van der Waals surface area contributed by atoms with E-state index in [0.717, 1.165) is 0 Å². The molecule has 0 aliphatic carbocycles. The van der Waals surface area contributed by atoms with Crippen molar-refractivity contribution in [1.82, 2.24) is 0 Å². The van der Waals surface area contributed by atoms with Crippen molar-refractivity contribution in [3.63, 3.8) is 0 Å². The molecule has 0 spiro atoms. The molecule has 0 unspecified atom stereocenters. The molecule has 0 heterocycles. The Kier molecular flexibility index (Phi) is 5.00. The third-order valence-electron chi connectivity index (χ3n) is 2.49. The van der Waals surface area contributed by atoms with Gasteiger partial charge in [0, 0.05) is 11.1 Å². The summed E-state index contributed by atoms with van der Waals surface area (Å²) in [5, 5.41) is 0. The van der Waals surface area contributed by atoms with E-state index in [2.05, 4.69) is 6.58 Å². The van der Waals surface area contributed by atoms with Crippen LogP contribution in [-0.2, 0) is 4.79 Å². The lowest BCUT2D eigenvalue weighted by Crippen LogP contribution is -2.03. The Bertz CT molecular complexity index is 534. The molecule has 2 nitrogen and oxygen atoms in total. The average Bonchev–Trinajstić information content (AvgIpc) is 2.34. The quantitative estimate of drug-likeness (QED) is 0.447. The number of benzene rings is 1. The molecule has 0 aromatic heterocycles.